The Bertz CT molecular complexity index is 866. The fourth-order valence-corrected chi connectivity index (χ4v) is 2.46. The molecule has 0 bridgehead atoms. The second-order valence-electron chi connectivity index (χ2n) is 5.12. The van der Waals surface area contributed by atoms with Crippen molar-refractivity contribution in [2.75, 3.05) is 6.54 Å². The first-order chi connectivity index (χ1) is 12.4. The van der Waals surface area contributed by atoms with Gasteiger partial charge in [-0.15, -0.1) is 0 Å². The van der Waals surface area contributed by atoms with E-state index >= 15 is 0 Å². The first-order valence-electron chi connectivity index (χ1n) is 7.40. The van der Waals surface area contributed by atoms with E-state index in [4.69, 9.17) is 16.7 Å². The topological polar surface area (TPSA) is 95.5 Å². The zero-order valence-electron chi connectivity index (χ0n) is 13.3. The molecule has 2 aromatic rings. The average Bonchev–Trinajstić information content (AvgIpc) is 2.61. The number of hydrogen-bond acceptors (Lipinski definition) is 3. The van der Waals surface area contributed by atoms with Crippen LogP contribution in [0.25, 0.3) is 6.08 Å². The van der Waals surface area contributed by atoms with Crippen molar-refractivity contribution in [1.82, 2.24) is 10.6 Å². The second-order valence-corrected chi connectivity index (χ2v) is 6.44. The van der Waals surface area contributed by atoms with Crippen molar-refractivity contribution < 1.29 is 19.5 Å². The fraction of sp³-hybridized carbons (Fsp3) is 0.0556. The van der Waals surface area contributed by atoms with Crippen molar-refractivity contribution >= 4 is 51.4 Å². The highest BCUT2D eigenvalue weighted by molar-refractivity contribution is 9.10. The van der Waals surface area contributed by atoms with Crippen molar-refractivity contribution in [2.45, 2.75) is 0 Å². The summed E-state index contributed by atoms with van der Waals surface area (Å²) in [4.78, 5) is 35.4. The lowest BCUT2D eigenvalue weighted by molar-refractivity contribution is -0.137. The van der Waals surface area contributed by atoms with E-state index in [0.717, 1.165) is 4.47 Å². The van der Waals surface area contributed by atoms with E-state index in [2.05, 4.69) is 26.6 Å². The van der Waals surface area contributed by atoms with Gasteiger partial charge in [-0.05, 0) is 35.9 Å². The Morgan fingerprint density at radius 3 is 2.35 bits per heavy atom. The molecule has 2 rings (SSSR count). The Kier molecular flexibility index (Phi) is 6.94. The molecule has 8 heteroatoms. The Labute approximate surface area is 163 Å². The molecule has 3 N–H and O–H groups in total. The fourth-order valence-electron chi connectivity index (χ4n) is 1.97. The number of carboxylic acid groups (broad SMARTS) is 1. The van der Waals surface area contributed by atoms with Gasteiger partial charge in [-0.1, -0.05) is 51.8 Å². The minimum absolute atomic E-state index is 0.0986. The first kappa shape index (κ1) is 19.7. The van der Waals surface area contributed by atoms with Gasteiger partial charge in [-0.3, -0.25) is 14.4 Å². The van der Waals surface area contributed by atoms with Gasteiger partial charge in [-0.2, -0.15) is 0 Å². The van der Waals surface area contributed by atoms with E-state index in [-0.39, 0.29) is 16.3 Å². The number of carbonyl (C=O) groups is 3. The molecule has 0 aromatic heterocycles. The average molecular weight is 438 g/mol. The summed E-state index contributed by atoms with van der Waals surface area (Å²) in [6.45, 7) is -0.571. The molecule has 0 fully saturated rings. The predicted molar refractivity (Wildman–Crippen MR) is 102 cm³/mol. The van der Waals surface area contributed by atoms with E-state index in [1.165, 1.54) is 12.1 Å². The van der Waals surface area contributed by atoms with E-state index < -0.39 is 24.3 Å². The highest BCUT2D eigenvalue weighted by Crippen LogP contribution is 2.16. The Balaban J connectivity index is 2.29. The summed E-state index contributed by atoms with van der Waals surface area (Å²) in [5, 5.41) is 13.7. The number of nitrogens with one attached hydrogen (secondary N) is 2. The number of carbonyl (C=O) groups excluding carboxylic acids is 2. The van der Waals surface area contributed by atoms with Gasteiger partial charge in [0.2, 0.25) is 0 Å². The minimum Gasteiger partial charge on any atom is -0.480 e. The number of halogens is 2. The number of rotatable bonds is 6. The normalized spacial score (nSPS) is 10.9. The quantitative estimate of drug-likeness (QED) is 0.605. The van der Waals surface area contributed by atoms with Gasteiger partial charge in [0.15, 0.2) is 0 Å². The van der Waals surface area contributed by atoms with Crippen LogP contribution in [-0.4, -0.2) is 29.4 Å². The van der Waals surface area contributed by atoms with Gasteiger partial charge >= 0.3 is 5.97 Å². The lowest BCUT2D eigenvalue weighted by Gasteiger charge is -2.11. The second kappa shape index (κ2) is 9.17. The Morgan fingerprint density at radius 1 is 1.08 bits per heavy atom. The van der Waals surface area contributed by atoms with Crippen LogP contribution in [0.1, 0.15) is 15.9 Å². The van der Waals surface area contributed by atoms with E-state index in [0.29, 0.717) is 5.56 Å². The largest absolute Gasteiger partial charge is 0.480 e. The highest BCUT2D eigenvalue weighted by Gasteiger charge is 2.17. The standard InChI is InChI=1S/C18H14BrClN2O4/c19-12-7-5-11(6-8-12)9-15(18(26)21-10-16(23)24)22-17(25)13-3-1-2-4-14(13)20/h1-9H,10H2,(H,21,26)(H,22,25)(H,23,24). The summed E-state index contributed by atoms with van der Waals surface area (Å²) >= 11 is 9.31. The Morgan fingerprint density at radius 2 is 1.73 bits per heavy atom. The molecule has 2 amide bonds. The van der Waals surface area contributed by atoms with Crippen LogP contribution in [0.2, 0.25) is 5.02 Å². The summed E-state index contributed by atoms with van der Waals surface area (Å²) in [5.41, 5.74) is 0.744. The SMILES string of the molecule is O=C(O)CNC(=O)C(=Cc1ccc(Br)cc1)NC(=O)c1ccccc1Cl. The van der Waals surface area contributed by atoms with Crippen molar-refractivity contribution in [3.63, 3.8) is 0 Å². The molecule has 134 valence electrons. The molecule has 0 heterocycles. The van der Waals surface area contributed by atoms with Crippen molar-refractivity contribution in [1.29, 1.82) is 0 Å². The number of aliphatic carboxylic acids is 1. The maximum absolute atomic E-state index is 12.4. The molecule has 0 spiro atoms. The smallest absolute Gasteiger partial charge is 0.322 e. The monoisotopic (exact) mass is 436 g/mol. The van der Waals surface area contributed by atoms with E-state index in [1.54, 1.807) is 42.5 Å². The molecule has 0 aliphatic rings. The highest BCUT2D eigenvalue weighted by atomic mass is 79.9. The maximum atomic E-state index is 12.4. The van der Waals surface area contributed by atoms with Crippen LogP contribution in [0.4, 0.5) is 0 Å². The van der Waals surface area contributed by atoms with Crippen LogP contribution >= 0.6 is 27.5 Å². The maximum Gasteiger partial charge on any atom is 0.322 e. The zero-order valence-corrected chi connectivity index (χ0v) is 15.7. The van der Waals surface area contributed by atoms with Crippen molar-refractivity contribution in [3.8, 4) is 0 Å². The predicted octanol–water partition coefficient (Wildman–Crippen LogP) is 3.07. The molecule has 0 unspecified atom stereocenters. The lowest BCUT2D eigenvalue weighted by Crippen LogP contribution is -2.37. The number of amides is 2. The van der Waals surface area contributed by atoms with E-state index in [9.17, 15) is 14.4 Å². The summed E-state index contributed by atoms with van der Waals surface area (Å²) in [7, 11) is 0. The van der Waals surface area contributed by atoms with Crippen molar-refractivity contribution in [3.05, 3.63) is 74.9 Å². The van der Waals surface area contributed by atoms with Crippen LogP contribution in [0.5, 0.6) is 0 Å². The van der Waals surface area contributed by atoms with Crippen LogP contribution in [-0.2, 0) is 9.59 Å². The Hall–Kier alpha value is -2.64. The summed E-state index contributed by atoms with van der Waals surface area (Å²) in [6.07, 6.45) is 1.44. The van der Waals surface area contributed by atoms with Gasteiger partial charge in [0, 0.05) is 4.47 Å². The molecule has 0 saturated carbocycles. The van der Waals surface area contributed by atoms with Crippen LogP contribution in [0.3, 0.4) is 0 Å². The summed E-state index contributed by atoms with van der Waals surface area (Å²) < 4.78 is 0.853. The van der Waals surface area contributed by atoms with Crippen LogP contribution < -0.4 is 10.6 Å². The van der Waals surface area contributed by atoms with Gasteiger partial charge < -0.3 is 15.7 Å². The molecule has 0 atom stereocenters. The molecular formula is C18H14BrClN2O4. The van der Waals surface area contributed by atoms with Gasteiger partial charge in [0.1, 0.15) is 12.2 Å². The molecular weight excluding hydrogens is 424 g/mol. The third kappa shape index (κ3) is 5.72. The zero-order chi connectivity index (χ0) is 19.1. The molecule has 2 aromatic carbocycles. The number of benzene rings is 2. The molecule has 26 heavy (non-hydrogen) atoms. The minimum atomic E-state index is -1.20. The molecule has 0 aliphatic carbocycles. The third-order valence-electron chi connectivity index (χ3n) is 3.19. The lowest BCUT2D eigenvalue weighted by atomic mass is 10.1. The van der Waals surface area contributed by atoms with Gasteiger partial charge in [0.05, 0.1) is 10.6 Å². The first-order valence-corrected chi connectivity index (χ1v) is 8.57. The molecule has 0 aliphatic heterocycles. The summed E-state index contributed by atoms with van der Waals surface area (Å²) in [5.74, 6) is -2.50. The molecule has 6 nitrogen and oxygen atoms in total. The van der Waals surface area contributed by atoms with Gasteiger partial charge in [0.25, 0.3) is 11.8 Å². The van der Waals surface area contributed by atoms with Gasteiger partial charge in [-0.25, -0.2) is 0 Å². The third-order valence-corrected chi connectivity index (χ3v) is 4.05. The van der Waals surface area contributed by atoms with Crippen LogP contribution in [0, 0.1) is 0 Å². The molecule has 0 saturated heterocycles. The van der Waals surface area contributed by atoms with Crippen molar-refractivity contribution in [2.24, 2.45) is 0 Å². The number of carboxylic acids is 1. The van der Waals surface area contributed by atoms with E-state index in [1.807, 2.05) is 0 Å². The number of hydrogen-bond donors (Lipinski definition) is 3. The molecule has 0 radical (unpaired) electrons. The summed E-state index contributed by atoms with van der Waals surface area (Å²) in [6, 6.07) is 13.4. The van der Waals surface area contributed by atoms with Crippen LogP contribution in [0.15, 0.2) is 58.7 Å².